The Bertz CT molecular complexity index is 1160. The molecular formula is C18H23N5O4. The molecule has 1 fully saturated rings. The van der Waals surface area contributed by atoms with E-state index in [1.165, 1.54) is 30.9 Å². The van der Waals surface area contributed by atoms with E-state index in [2.05, 4.69) is 14.3 Å². The first-order valence-corrected chi connectivity index (χ1v) is 9.20. The van der Waals surface area contributed by atoms with Crippen LogP contribution in [0, 0.1) is 6.92 Å². The number of fused-ring (bicyclic) bond motifs is 3. The molecule has 0 aliphatic heterocycles. The van der Waals surface area contributed by atoms with Gasteiger partial charge >= 0.3 is 11.7 Å². The summed E-state index contributed by atoms with van der Waals surface area (Å²) in [7, 11) is 2.78. The highest BCUT2D eigenvalue weighted by Gasteiger charge is 2.24. The number of hydrogen-bond acceptors (Lipinski definition) is 5. The largest absolute Gasteiger partial charge is 0.468 e. The summed E-state index contributed by atoms with van der Waals surface area (Å²) in [5.41, 5.74) is 0.532. The first-order valence-electron chi connectivity index (χ1n) is 9.20. The van der Waals surface area contributed by atoms with E-state index in [1.54, 1.807) is 11.4 Å². The molecule has 9 nitrogen and oxygen atoms in total. The second kappa shape index (κ2) is 6.40. The third-order valence-electron chi connectivity index (χ3n) is 5.52. The molecule has 144 valence electrons. The first-order chi connectivity index (χ1) is 12.9. The number of esters is 1. The highest BCUT2D eigenvalue weighted by Crippen LogP contribution is 2.31. The van der Waals surface area contributed by atoms with Gasteiger partial charge in [-0.2, -0.15) is 4.98 Å². The van der Waals surface area contributed by atoms with E-state index >= 15 is 0 Å². The number of aryl methyl sites for hydroxylation is 2. The van der Waals surface area contributed by atoms with Crippen molar-refractivity contribution in [3.05, 3.63) is 32.7 Å². The Labute approximate surface area is 154 Å². The molecule has 0 N–H and O–H groups in total. The van der Waals surface area contributed by atoms with Crippen LogP contribution in [0.25, 0.3) is 16.9 Å². The zero-order valence-electron chi connectivity index (χ0n) is 15.8. The van der Waals surface area contributed by atoms with Gasteiger partial charge in [-0.1, -0.05) is 19.3 Å². The molecular weight excluding hydrogens is 350 g/mol. The normalized spacial score (nSPS) is 15.7. The second-order valence-electron chi connectivity index (χ2n) is 7.20. The lowest BCUT2D eigenvalue weighted by atomic mass is 9.95. The minimum absolute atomic E-state index is 0.300. The monoisotopic (exact) mass is 373 g/mol. The molecule has 1 aliphatic carbocycles. The van der Waals surface area contributed by atoms with Crippen LogP contribution in [0.5, 0.6) is 0 Å². The topological polar surface area (TPSA) is 92.5 Å². The van der Waals surface area contributed by atoms with Gasteiger partial charge in [0, 0.05) is 25.0 Å². The number of nitrogens with zero attached hydrogens (tertiary/aromatic N) is 5. The molecule has 0 saturated heterocycles. The number of rotatable bonds is 3. The van der Waals surface area contributed by atoms with Gasteiger partial charge in [0.1, 0.15) is 6.54 Å². The number of methoxy groups -OCH3 is 1. The molecule has 0 amide bonds. The van der Waals surface area contributed by atoms with Crippen LogP contribution in [0.1, 0.15) is 43.8 Å². The minimum Gasteiger partial charge on any atom is -0.468 e. The summed E-state index contributed by atoms with van der Waals surface area (Å²) in [5.74, 6) is 0.0163. The van der Waals surface area contributed by atoms with Crippen LogP contribution in [-0.2, 0) is 23.1 Å². The number of carbonyl (C=O) groups is 1. The van der Waals surface area contributed by atoms with E-state index in [-0.39, 0.29) is 0 Å². The van der Waals surface area contributed by atoms with Gasteiger partial charge in [0.2, 0.25) is 5.78 Å². The van der Waals surface area contributed by atoms with Crippen molar-refractivity contribution in [1.29, 1.82) is 0 Å². The van der Waals surface area contributed by atoms with Crippen molar-refractivity contribution < 1.29 is 9.53 Å². The van der Waals surface area contributed by atoms with Crippen molar-refractivity contribution in [3.8, 4) is 0 Å². The van der Waals surface area contributed by atoms with Gasteiger partial charge in [-0.25, -0.2) is 9.36 Å². The fraction of sp³-hybridized carbons (Fsp3) is 0.556. The molecule has 1 aliphatic rings. The SMILES string of the molecule is COC(=O)Cn1c(=O)c2c(nc3n(C4CCCCC4)c(C)cn23)n(C)c1=O. The minimum atomic E-state index is -0.648. The Kier molecular flexibility index (Phi) is 4.16. The number of ether oxygens (including phenoxy) is 1. The number of aromatic nitrogens is 5. The first kappa shape index (κ1) is 17.6. The van der Waals surface area contributed by atoms with Crippen molar-refractivity contribution >= 4 is 22.9 Å². The van der Waals surface area contributed by atoms with E-state index in [1.807, 2.05) is 13.1 Å². The molecule has 27 heavy (non-hydrogen) atoms. The molecule has 0 aromatic carbocycles. The van der Waals surface area contributed by atoms with Crippen molar-refractivity contribution in [3.63, 3.8) is 0 Å². The molecule has 1 saturated carbocycles. The summed E-state index contributed by atoms with van der Waals surface area (Å²) in [4.78, 5) is 41.8. The van der Waals surface area contributed by atoms with Gasteiger partial charge < -0.3 is 9.30 Å². The molecule has 3 aromatic rings. The van der Waals surface area contributed by atoms with Crippen LogP contribution in [0.3, 0.4) is 0 Å². The fourth-order valence-corrected chi connectivity index (χ4v) is 4.15. The zero-order chi connectivity index (χ0) is 19.3. The molecule has 0 atom stereocenters. The molecule has 3 aromatic heterocycles. The smallest absolute Gasteiger partial charge is 0.333 e. The lowest BCUT2D eigenvalue weighted by Gasteiger charge is -2.24. The third kappa shape index (κ3) is 2.60. The van der Waals surface area contributed by atoms with E-state index < -0.39 is 23.8 Å². The Morgan fingerprint density at radius 1 is 1.26 bits per heavy atom. The maximum absolute atomic E-state index is 13.0. The quantitative estimate of drug-likeness (QED) is 0.642. The van der Waals surface area contributed by atoms with Crippen LogP contribution in [0.4, 0.5) is 0 Å². The van der Waals surface area contributed by atoms with Crippen LogP contribution in [-0.4, -0.2) is 36.2 Å². The van der Waals surface area contributed by atoms with Crippen LogP contribution in [0.2, 0.25) is 0 Å². The van der Waals surface area contributed by atoms with Gasteiger partial charge in [-0.05, 0) is 19.8 Å². The van der Waals surface area contributed by atoms with E-state index in [0.717, 1.165) is 23.1 Å². The third-order valence-corrected chi connectivity index (χ3v) is 5.52. The number of imidazole rings is 2. The van der Waals surface area contributed by atoms with Crippen molar-refractivity contribution in [2.75, 3.05) is 7.11 Å². The maximum Gasteiger partial charge on any atom is 0.333 e. The van der Waals surface area contributed by atoms with Crippen LogP contribution in [0.15, 0.2) is 15.8 Å². The van der Waals surface area contributed by atoms with Gasteiger partial charge in [0.25, 0.3) is 5.56 Å². The van der Waals surface area contributed by atoms with Gasteiger partial charge in [0.05, 0.1) is 7.11 Å². The van der Waals surface area contributed by atoms with Gasteiger partial charge in [-0.15, -0.1) is 0 Å². The van der Waals surface area contributed by atoms with E-state index in [4.69, 9.17) is 0 Å². The Morgan fingerprint density at radius 3 is 2.63 bits per heavy atom. The molecule has 0 unspecified atom stereocenters. The van der Waals surface area contributed by atoms with Crippen molar-refractivity contribution in [2.45, 2.75) is 51.6 Å². The molecule has 3 heterocycles. The number of hydrogen-bond donors (Lipinski definition) is 0. The average molecular weight is 373 g/mol. The lowest BCUT2D eigenvalue weighted by Crippen LogP contribution is -2.41. The predicted octanol–water partition coefficient (Wildman–Crippen LogP) is 1.14. The Hall–Kier alpha value is -2.84. The number of carbonyl (C=O) groups excluding carboxylic acids is 1. The second-order valence-corrected chi connectivity index (χ2v) is 7.20. The molecule has 4 rings (SSSR count). The summed E-state index contributed by atoms with van der Waals surface area (Å²) in [5, 5.41) is 0. The summed E-state index contributed by atoms with van der Waals surface area (Å²) < 4.78 is 10.7. The molecule has 0 radical (unpaired) electrons. The summed E-state index contributed by atoms with van der Waals surface area (Å²) in [6.45, 7) is 1.58. The predicted molar refractivity (Wildman–Crippen MR) is 99.1 cm³/mol. The van der Waals surface area contributed by atoms with E-state index in [9.17, 15) is 14.4 Å². The van der Waals surface area contributed by atoms with Crippen LogP contribution >= 0.6 is 0 Å². The van der Waals surface area contributed by atoms with Gasteiger partial charge in [0.15, 0.2) is 11.2 Å². The Balaban J connectivity index is 2.00. The van der Waals surface area contributed by atoms with E-state index in [0.29, 0.717) is 23.0 Å². The van der Waals surface area contributed by atoms with Crippen LogP contribution < -0.4 is 11.2 Å². The van der Waals surface area contributed by atoms with Crippen molar-refractivity contribution in [1.82, 2.24) is 23.1 Å². The molecule has 0 spiro atoms. The maximum atomic E-state index is 13.0. The highest BCUT2D eigenvalue weighted by molar-refractivity contribution is 5.76. The lowest BCUT2D eigenvalue weighted by molar-refractivity contribution is -0.141. The highest BCUT2D eigenvalue weighted by atomic mass is 16.5. The fourth-order valence-electron chi connectivity index (χ4n) is 4.15. The van der Waals surface area contributed by atoms with Gasteiger partial charge in [-0.3, -0.25) is 18.6 Å². The summed E-state index contributed by atoms with van der Waals surface area (Å²) in [6, 6.07) is 0.349. The molecule has 0 bridgehead atoms. The Morgan fingerprint density at radius 2 is 1.96 bits per heavy atom. The standard InChI is InChI=1S/C18H23N5O4/c1-11-9-21-14-15(19-17(21)23(11)12-7-5-4-6-8-12)20(2)18(26)22(16(14)25)10-13(24)27-3/h9,12H,4-8,10H2,1-3H3. The zero-order valence-corrected chi connectivity index (χ0v) is 15.8. The summed E-state index contributed by atoms with van der Waals surface area (Å²) >= 11 is 0. The average Bonchev–Trinajstić information content (AvgIpc) is 3.18. The van der Waals surface area contributed by atoms with Crippen molar-refractivity contribution in [2.24, 2.45) is 7.05 Å². The summed E-state index contributed by atoms with van der Waals surface area (Å²) in [6.07, 6.45) is 7.65. The molecule has 9 heteroatoms.